The van der Waals surface area contributed by atoms with E-state index < -0.39 is 0 Å². The molecule has 166 valence electrons. The number of aromatic nitrogens is 6. The Morgan fingerprint density at radius 2 is 1.81 bits per heavy atom. The van der Waals surface area contributed by atoms with Crippen LogP contribution in [0.5, 0.6) is 0 Å². The Bertz CT molecular complexity index is 990. The van der Waals surface area contributed by atoms with E-state index >= 15 is 0 Å². The van der Waals surface area contributed by atoms with Gasteiger partial charge in [0.25, 0.3) is 0 Å². The molecule has 0 saturated carbocycles. The molecule has 0 amide bonds. The lowest BCUT2D eigenvalue weighted by Crippen LogP contribution is -2.16. The van der Waals surface area contributed by atoms with Gasteiger partial charge in [0.15, 0.2) is 11.0 Å². The quantitative estimate of drug-likeness (QED) is 0.338. The molecule has 0 radical (unpaired) electrons. The SMILES string of the molecule is CCCCCCn1c(SC(C)c2nc(N)nc(N(C)C)n2)nnc1-c1ccc(Cl)cc1. The number of unbranched alkanes of at least 4 members (excludes halogenated alkanes) is 3. The summed E-state index contributed by atoms with van der Waals surface area (Å²) in [6.07, 6.45) is 4.65. The van der Waals surface area contributed by atoms with Crippen LogP contribution in [0.2, 0.25) is 5.02 Å². The van der Waals surface area contributed by atoms with Gasteiger partial charge in [-0.1, -0.05) is 49.5 Å². The molecular formula is C21H29ClN8S. The van der Waals surface area contributed by atoms with Crippen molar-refractivity contribution in [3.63, 3.8) is 0 Å². The summed E-state index contributed by atoms with van der Waals surface area (Å²) in [7, 11) is 3.75. The molecule has 3 rings (SSSR count). The van der Waals surface area contributed by atoms with Crippen molar-refractivity contribution in [2.24, 2.45) is 0 Å². The Kier molecular flexibility index (Phi) is 8.09. The van der Waals surface area contributed by atoms with E-state index in [1.165, 1.54) is 19.3 Å². The molecular weight excluding hydrogens is 432 g/mol. The Morgan fingerprint density at radius 1 is 1.06 bits per heavy atom. The summed E-state index contributed by atoms with van der Waals surface area (Å²) in [6, 6.07) is 7.70. The number of hydrogen-bond acceptors (Lipinski definition) is 8. The third-order valence-corrected chi connectivity index (χ3v) is 6.09. The highest BCUT2D eigenvalue weighted by molar-refractivity contribution is 7.99. The van der Waals surface area contributed by atoms with Crippen molar-refractivity contribution in [1.29, 1.82) is 0 Å². The molecule has 0 bridgehead atoms. The van der Waals surface area contributed by atoms with E-state index in [0.29, 0.717) is 16.8 Å². The molecule has 0 aliphatic carbocycles. The van der Waals surface area contributed by atoms with Gasteiger partial charge in [0, 0.05) is 31.2 Å². The first-order chi connectivity index (χ1) is 14.9. The zero-order valence-electron chi connectivity index (χ0n) is 18.4. The van der Waals surface area contributed by atoms with Crippen molar-refractivity contribution in [1.82, 2.24) is 29.7 Å². The molecule has 31 heavy (non-hydrogen) atoms. The summed E-state index contributed by atoms with van der Waals surface area (Å²) in [6.45, 7) is 5.10. The van der Waals surface area contributed by atoms with Gasteiger partial charge in [-0.2, -0.15) is 15.0 Å². The molecule has 0 saturated heterocycles. The Hall–Kier alpha value is -2.39. The highest BCUT2D eigenvalue weighted by atomic mass is 35.5. The second-order valence-electron chi connectivity index (χ2n) is 7.53. The predicted molar refractivity (Wildman–Crippen MR) is 127 cm³/mol. The standard InChI is InChI=1S/C21H29ClN8S/c1-5-6-7-8-13-30-18(15-9-11-16(22)12-10-15)27-28-21(30)31-14(2)17-24-19(23)26-20(25-17)29(3)4/h9-12,14H,5-8,13H2,1-4H3,(H2,23,24,25,26). The fourth-order valence-corrected chi connectivity index (χ4v) is 4.12. The van der Waals surface area contributed by atoms with E-state index in [1.54, 1.807) is 11.8 Å². The van der Waals surface area contributed by atoms with Gasteiger partial charge < -0.3 is 15.2 Å². The number of nitrogens with two attached hydrogens (primary N) is 1. The minimum atomic E-state index is -0.0688. The molecule has 3 aromatic rings. The van der Waals surface area contributed by atoms with E-state index in [1.807, 2.05) is 50.2 Å². The van der Waals surface area contributed by atoms with Crippen molar-refractivity contribution < 1.29 is 0 Å². The molecule has 1 atom stereocenters. The first kappa shape index (κ1) is 23.3. The fourth-order valence-electron chi connectivity index (χ4n) is 3.08. The number of halogens is 1. The molecule has 10 heteroatoms. The summed E-state index contributed by atoms with van der Waals surface area (Å²) >= 11 is 7.64. The second-order valence-corrected chi connectivity index (χ2v) is 9.28. The zero-order chi connectivity index (χ0) is 22.4. The molecule has 1 aromatic carbocycles. The number of rotatable bonds is 10. The highest BCUT2D eigenvalue weighted by Crippen LogP contribution is 2.35. The van der Waals surface area contributed by atoms with Crippen molar-refractivity contribution in [3.8, 4) is 11.4 Å². The molecule has 8 nitrogen and oxygen atoms in total. The Morgan fingerprint density at radius 3 is 2.48 bits per heavy atom. The summed E-state index contributed by atoms with van der Waals surface area (Å²) in [5.41, 5.74) is 6.89. The van der Waals surface area contributed by atoms with Gasteiger partial charge in [0.2, 0.25) is 11.9 Å². The van der Waals surface area contributed by atoms with Crippen LogP contribution in [0.1, 0.15) is 50.6 Å². The smallest absolute Gasteiger partial charge is 0.229 e. The van der Waals surface area contributed by atoms with Crippen molar-refractivity contribution in [2.75, 3.05) is 24.7 Å². The minimum absolute atomic E-state index is 0.0688. The number of nitrogens with zero attached hydrogens (tertiary/aromatic N) is 7. The van der Waals surface area contributed by atoms with Crippen LogP contribution in [0.4, 0.5) is 11.9 Å². The van der Waals surface area contributed by atoms with Crippen molar-refractivity contribution >= 4 is 35.3 Å². The van der Waals surface area contributed by atoms with E-state index in [-0.39, 0.29) is 11.2 Å². The predicted octanol–water partition coefficient (Wildman–Crippen LogP) is 4.87. The lowest BCUT2D eigenvalue weighted by atomic mass is 10.2. The normalized spacial score (nSPS) is 12.2. The molecule has 0 aliphatic rings. The number of benzene rings is 1. The minimum Gasteiger partial charge on any atom is -0.368 e. The van der Waals surface area contributed by atoms with Gasteiger partial charge in [-0.05, 0) is 37.6 Å². The average molecular weight is 461 g/mol. The van der Waals surface area contributed by atoms with Crippen LogP contribution >= 0.6 is 23.4 Å². The molecule has 1 unspecified atom stereocenters. The van der Waals surface area contributed by atoms with Crippen LogP contribution in [-0.4, -0.2) is 43.8 Å². The van der Waals surface area contributed by atoms with Gasteiger partial charge in [-0.15, -0.1) is 10.2 Å². The topological polar surface area (TPSA) is 98.6 Å². The number of anilines is 2. The molecule has 2 N–H and O–H groups in total. The first-order valence-corrected chi connectivity index (χ1v) is 11.7. The lowest BCUT2D eigenvalue weighted by Gasteiger charge is -2.15. The average Bonchev–Trinajstić information content (AvgIpc) is 3.13. The van der Waals surface area contributed by atoms with Gasteiger partial charge in [0.1, 0.15) is 5.82 Å². The molecule has 0 spiro atoms. The van der Waals surface area contributed by atoms with Crippen LogP contribution in [0.25, 0.3) is 11.4 Å². The van der Waals surface area contributed by atoms with Gasteiger partial charge >= 0.3 is 0 Å². The summed E-state index contributed by atoms with van der Waals surface area (Å²) in [5, 5.41) is 10.4. The Balaban J connectivity index is 1.88. The maximum Gasteiger partial charge on any atom is 0.229 e. The second kappa shape index (κ2) is 10.8. The van der Waals surface area contributed by atoms with Crippen molar-refractivity contribution in [2.45, 2.75) is 56.5 Å². The zero-order valence-corrected chi connectivity index (χ0v) is 20.0. The largest absolute Gasteiger partial charge is 0.368 e. The third-order valence-electron chi connectivity index (χ3n) is 4.76. The summed E-state index contributed by atoms with van der Waals surface area (Å²) in [4.78, 5) is 14.9. The van der Waals surface area contributed by atoms with Crippen LogP contribution in [0, 0.1) is 0 Å². The fraction of sp³-hybridized carbons (Fsp3) is 0.476. The van der Waals surface area contributed by atoms with Gasteiger partial charge in [0.05, 0.1) is 5.25 Å². The lowest BCUT2D eigenvalue weighted by molar-refractivity contribution is 0.556. The van der Waals surface area contributed by atoms with Crippen LogP contribution in [0.3, 0.4) is 0 Å². The monoisotopic (exact) mass is 460 g/mol. The van der Waals surface area contributed by atoms with Crippen molar-refractivity contribution in [3.05, 3.63) is 35.1 Å². The highest BCUT2D eigenvalue weighted by Gasteiger charge is 2.20. The van der Waals surface area contributed by atoms with Gasteiger partial charge in [-0.25, -0.2) is 0 Å². The van der Waals surface area contributed by atoms with E-state index in [9.17, 15) is 0 Å². The number of nitrogen functional groups attached to an aromatic ring is 1. The summed E-state index contributed by atoms with van der Waals surface area (Å²) in [5.74, 6) is 2.21. The number of thioether (sulfide) groups is 1. The van der Waals surface area contributed by atoms with Crippen LogP contribution in [-0.2, 0) is 6.54 Å². The van der Waals surface area contributed by atoms with E-state index in [2.05, 4.69) is 36.6 Å². The van der Waals surface area contributed by atoms with E-state index in [4.69, 9.17) is 17.3 Å². The van der Waals surface area contributed by atoms with Crippen LogP contribution < -0.4 is 10.6 Å². The maximum absolute atomic E-state index is 6.07. The molecule has 0 fully saturated rings. The summed E-state index contributed by atoms with van der Waals surface area (Å²) < 4.78 is 2.18. The number of hydrogen-bond donors (Lipinski definition) is 1. The Labute approximate surface area is 192 Å². The maximum atomic E-state index is 6.07. The van der Waals surface area contributed by atoms with E-state index in [0.717, 1.165) is 29.5 Å². The third kappa shape index (κ3) is 6.07. The first-order valence-electron chi connectivity index (χ1n) is 10.4. The molecule has 2 heterocycles. The van der Waals surface area contributed by atoms with Crippen LogP contribution in [0.15, 0.2) is 29.4 Å². The molecule has 0 aliphatic heterocycles. The van der Waals surface area contributed by atoms with Gasteiger partial charge in [-0.3, -0.25) is 0 Å². The molecule has 2 aromatic heterocycles.